The maximum Gasteiger partial charge on any atom is 0.117 e. The minimum Gasteiger partial charge on any atom is -0.380 e. The number of hydrogen-bond acceptors (Lipinski definition) is 2. The summed E-state index contributed by atoms with van der Waals surface area (Å²) in [6.07, 6.45) is 5.77. The first-order chi connectivity index (χ1) is 7.77. The van der Waals surface area contributed by atoms with E-state index in [0.717, 1.165) is 32.5 Å². The second-order valence-corrected chi connectivity index (χ2v) is 4.63. The first-order valence-corrected chi connectivity index (χ1v) is 6.66. The van der Waals surface area contributed by atoms with Gasteiger partial charge in [0.2, 0.25) is 0 Å². The van der Waals surface area contributed by atoms with Crippen molar-refractivity contribution in [2.75, 3.05) is 19.6 Å². The van der Waals surface area contributed by atoms with Gasteiger partial charge in [-0.3, -0.25) is 4.90 Å². The summed E-state index contributed by atoms with van der Waals surface area (Å²) in [7, 11) is 0. The standard InChI is InChI=1S/C14H25NO/c1-3-15(4-2)12-8-11-14(16)13-9-6-5-7-10-13/h13-14,16H,3-7,9-10,12H2,1-2H3. The molecule has 0 aromatic heterocycles. The van der Waals surface area contributed by atoms with Crippen molar-refractivity contribution in [1.82, 2.24) is 4.90 Å². The molecule has 1 atom stereocenters. The first kappa shape index (κ1) is 13.5. The lowest BCUT2D eigenvalue weighted by Gasteiger charge is -2.23. The zero-order valence-electron chi connectivity index (χ0n) is 10.7. The van der Waals surface area contributed by atoms with Crippen molar-refractivity contribution >= 4 is 0 Å². The van der Waals surface area contributed by atoms with Crippen LogP contribution in [0, 0.1) is 17.8 Å². The molecule has 0 aliphatic heterocycles. The highest BCUT2D eigenvalue weighted by atomic mass is 16.3. The Morgan fingerprint density at radius 2 is 1.81 bits per heavy atom. The molecule has 1 rings (SSSR count). The van der Waals surface area contributed by atoms with Gasteiger partial charge < -0.3 is 5.11 Å². The highest BCUT2D eigenvalue weighted by Gasteiger charge is 2.19. The Balaban J connectivity index is 2.31. The Morgan fingerprint density at radius 3 is 2.38 bits per heavy atom. The Kier molecular flexibility index (Phi) is 6.52. The lowest BCUT2D eigenvalue weighted by atomic mass is 9.85. The van der Waals surface area contributed by atoms with Crippen LogP contribution in [0.4, 0.5) is 0 Å². The van der Waals surface area contributed by atoms with Gasteiger partial charge in [-0.05, 0) is 31.8 Å². The molecule has 1 N–H and O–H groups in total. The molecule has 0 aromatic rings. The Bertz CT molecular complexity index is 231. The maximum absolute atomic E-state index is 9.94. The van der Waals surface area contributed by atoms with E-state index in [2.05, 4.69) is 30.6 Å². The van der Waals surface area contributed by atoms with E-state index in [1.54, 1.807) is 0 Å². The molecule has 0 amide bonds. The third-order valence-electron chi connectivity index (χ3n) is 3.54. The summed E-state index contributed by atoms with van der Waals surface area (Å²) in [6, 6.07) is 0. The van der Waals surface area contributed by atoms with Gasteiger partial charge in [-0.25, -0.2) is 0 Å². The second-order valence-electron chi connectivity index (χ2n) is 4.63. The van der Waals surface area contributed by atoms with E-state index in [0.29, 0.717) is 5.92 Å². The van der Waals surface area contributed by atoms with Crippen LogP contribution in [0.5, 0.6) is 0 Å². The molecule has 0 spiro atoms. The summed E-state index contributed by atoms with van der Waals surface area (Å²) in [5, 5.41) is 9.94. The highest BCUT2D eigenvalue weighted by Crippen LogP contribution is 2.25. The third kappa shape index (κ3) is 4.55. The van der Waals surface area contributed by atoms with Crippen molar-refractivity contribution in [3.05, 3.63) is 0 Å². The molecule has 1 saturated carbocycles. The smallest absolute Gasteiger partial charge is 0.117 e. The fourth-order valence-electron chi connectivity index (χ4n) is 2.28. The van der Waals surface area contributed by atoms with Crippen LogP contribution < -0.4 is 0 Å². The Hall–Kier alpha value is -0.520. The summed E-state index contributed by atoms with van der Waals surface area (Å²) in [4.78, 5) is 2.26. The van der Waals surface area contributed by atoms with Gasteiger partial charge in [-0.2, -0.15) is 0 Å². The minimum absolute atomic E-state index is 0.393. The average molecular weight is 223 g/mol. The van der Waals surface area contributed by atoms with Crippen LogP contribution in [0.3, 0.4) is 0 Å². The van der Waals surface area contributed by atoms with Crippen molar-refractivity contribution in [1.29, 1.82) is 0 Å². The van der Waals surface area contributed by atoms with Gasteiger partial charge in [0.25, 0.3) is 0 Å². The van der Waals surface area contributed by atoms with Gasteiger partial charge in [-0.15, -0.1) is 0 Å². The van der Waals surface area contributed by atoms with Gasteiger partial charge in [0.15, 0.2) is 0 Å². The van der Waals surface area contributed by atoms with Crippen LogP contribution >= 0.6 is 0 Å². The summed E-state index contributed by atoms with van der Waals surface area (Å²) in [5.41, 5.74) is 0. The van der Waals surface area contributed by atoms with Crippen molar-refractivity contribution in [2.24, 2.45) is 5.92 Å². The number of aliphatic hydroxyl groups excluding tert-OH is 1. The fraction of sp³-hybridized carbons (Fsp3) is 0.857. The lowest BCUT2D eigenvalue weighted by molar-refractivity contribution is 0.133. The van der Waals surface area contributed by atoms with Crippen LogP contribution in [0.25, 0.3) is 0 Å². The summed E-state index contributed by atoms with van der Waals surface area (Å²) >= 11 is 0. The monoisotopic (exact) mass is 223 g/mol. The quantitative estimate of drug-likeness (QED) is 0.739. The van der Waals surface area contributed by atoms with Crippen LogP contribution in [0.1, 0.15) is 46.0 Å². The lowest BCUT2D eigenvalue weighted by Crippen LogP contribution is -2.24. The fourth-order valence-corrected chi connectivity index (χ4v) is 2.28. The maximum atomic E-state index is 9.94. The Labute approximate surface area is 100 Å². The largest absolute Gasteiger partial charge is 0.380 e. The van der Waals surface area contributed by atoms with E-state index in [1.807, 2.05) is 0 Å². The van der Waals surface area contributed by atoms with E-state index in [9.17, 15) is 5.11 Å². The summed E-state index contributed by atoms with van der Waals surface area (Å²) in [5.74, 6) is 6.55. The van der Waals surface area contributed by atoms with Gasteiger partial charge in [0.05, 0.1) is 6.54 Å². The zero-order chi connectivity index (χ0) is 11.8. The van der Waals surface area contributed by atoms with Crippen LogP contribution in [0.2, 0.25) is 0 Å². The predicted octanol–water partition coefficient (Wildman–Crippen LogP) is 2.27. The number of nitrogens with zero attached hydrogens (tertiary/aromatic N) is 1. The highest BCUT2D eigenvalue weighted by molar-refractivity contribution is 5.08. The number of hydrogen-bond donors (Lipinski definition) is 1. The molecular formula is C14H25NO. The van der Waals surface area contributed by atoms with Crippen molar-refractivity contribution < 1.29 is 5.11 Å². The molecule has 1 unspecified atom stereocenters. The van der Waals surface area contributed by atoms with E-state index >= 15 is 0 Å². The number of aliphatic hydroxyl groups is 1. The Morgan fingerprint density at radius 1 is 1.19 bits per heavy atom. The van der Waals surface area contributed by atoms with E-state index < -0.39 is 6.10 Å². The van der Waals surface area contributed by atoms with Gasteiger partial charge in [0.1, 0.15) is 6.10 Å². The molecule has 2 nitrogen and oxygen atoms in total. The summed E-state index contributed by atoms with van der Waals surface area (Å²) in [6.45, 7) is 7.14. The molecule has 16 heavy (non-hydrogen) atoms. The third-order valence-corrected chi connectivity index (χ3v) is 3.54. The van der Waals surface area contributed by atoms with Crippen LogP contribution in [-0.4, -0.2) is 35.7 Å². The van der Waals surface area contributed by atoms with E-state index in [1.165, 1.54) is 19.3 Å². The molecule has 0 heterocycles. The normalized spacial score (nSPS) is 19.2. The average Bonchev–Trinajstić information content (AvgIpc) is 2.35. The number of rotatable bonds is 4. The predicted molar refractivity (Wildman–Crippen MR) is 68.1 cm³/mol. The van der Waals surface area contributed by atoms with Crippen molar-refractivity contribution in [3.63, 3.8) is 0 Å². The van der Waals surface area contributed by atoms with Gasteiger partial charge in [-0.1, -0.05) is 45.0 Å². The van der Waals surface area contributed by atoms with E-state index in [4.69, 9.17) is 0 Å². The van der Waals surface area contributed by atoms with Gasteiger partial charge in [0, 0.05) is 0 Å². The molecule has 92 valence electrons. The molecule has 0 bridgehead atoms. The topological polar surface area (TPSA) is 23.5 Å². The van der Waals surface area contributed by atoms with E-state index in [-0.39, 0.29) is 0 Å². The first-order valence-electron chi connectivity index (χ1n) is 6.66. The van der Waals surface area contributed by atoms with Crippen molar-refractivity contribution in [3.8, 4) is 11.8 Å². The molecule has 2 heteroatoms. The van der Waals surface area contributed by atoms with Crippen LogP contribution in [-0.2, 0) is 0 Å². The van der Waals surface area contributed by atoms with Crippen molar-refractivity contribution in [2.45, 2.75) is 52.1 Å². The minimum atomic E-state index is -0.393. The summed E-state index contributed by atoms with van der Waals surface area (Å²) < 4.78 is 0. The molecule has 0 aromatic carbocycles. The zero-order valence-corrected chi connectivity index (χ0v) is 10.7. The molecule has 1 fully saturated rings. The van der Waals surface area contributed by atoms with Crippen LogP contribution in [0.15, 0.2) is 0 Å². The second kappa shape index (κ2) is 7.70. The molecule has 0 radical (unpaired) electrons. The molecule has 1 aliphatic rings. The molecule has 0 saturated heterocycles. The van der Waals surface area contributed by atoms with Gasteiger partial charge >= 0.3 is 0 Å². The molecule has 1 aliphatic carbocycles. The molecular weight excluding hydrogens is 198 g/mol. The SMILES string of the molecule is CCN(CC)CC#CC(O)C1CCCCC1.